The minimum atomic E-state index is 0.566. The van der Waals surface area contributed by atoms with Gasteiger partial charge in [-0.1, -0.05) is 28.1 Å². The largest absolute Gasteiger partial charge is 0.368 e. The molecule has 0 aliphatic heterocycles. The molecule has 0 unspecified atom stereocenters. The number of halogens is 1. The molecule has 3 nitrogen and oxygen atoms in total. The summed E-state index contributed by atoms with van der Waals surface area (Å²) in [5.74, 6) is 0.955. The molecule has 2 aromatic rings. The highest BCUT2D eigenvalue weighted by atomic mass is 79.9. The van der Waals surface area contributed by atoms with Crippen molar-refractivity contribution in [2.24, 2.45) is 0 Å². The van der Waals surface area contributed by atoms with E-state index in [1.807, 2.05) is 18.3 Å². The summed E-state index contributed by atoms with van der Waals surface area (Å²) in [6.07, 6.45) is 1.85. The molecule has 0 radical (unpaired) electrons. The van der Waals surface area contributed by atoms with Crippen LogP contribution in [0.4, 0.5) is 5.82 Å². The van der Waals surface area contributed by atoms with Crippen LogP contribution in [0, 0.1) is 0 Å². The van der Waals surface area contributed by atoms with Crippen molar-refractivity contribution in [2.45, 2.75) is 19.9 Å². The van der Waals surface area contributed by atoms with Crippen LogP contribution in [0.5, 0.6) is 0 Å². The Labute approximate surface area is 123 Å². The number of fused-ring (bicyclic) bond motifs is 1. The van der Waals surface area contributed by atoms with Crippen LogP contribution >= 0.6 is 15.9 Å². The van der Waals surface area contributed by atoms with Gasteiger partial charge in [0.1, 0.15) is 5.82 Å². The smallest absolute Gasteiger partial charge is 0.133 e. The number of anilines is 1. The molecule has 1 aromatic heterocycles. The summed E-state index contributed by atoms with van der Waals surface area (Å²) in [5, 5.41) is 5.78. The van der Waals surface area contributed by atoms with E-state index in [2.05, 4.69) is 64.2 Å². The predicted octanol–water partition coefficient (Wildman–Crippen LogP) is 3.75. The molecule has 1 N–H and O–H groups in total. The van der Waals surface area contributed by atoms with Gasteiger partial charge in [0.15, 0.2) is 0 Å². The van der Waals surface area contributed by atoms with Crippen LogP contribution in [0.1, 0.15) is 13.8 Å². The van der Waals surface area contributed by atoms with Crippen molar-refractivity contribution in [1.82, 2.24) is 9.88 Å². The van der Waals surface area contributed by atoms with Gasteiger partial charge in [0.05, 0.1) is 0 Å². The molecule has 0 aliphatic carbocycles. The molecular formula is C15H20BrN3. The molecule has 0 atom stereocenters. The third-order valence-electron chi connectivity index (χ3n) is 3.39. The average molecular weight is 322 g/mol. The van der Waals surface area contributed by atoms with Crippen molar-refractivity contribution in [3.63, 3.8) is 0 Å². The summed E-state index contributed by atoms with van der Waals surface area (Å²) in [5.41, 5.74) is 0. The van der Waals surface area contributed by atoms with Crippen LogP contribution in [0.3, 0.4) is 0 Å². The average Bonchev–Trinajstić information content (AvgIpc) is 2.39. The van der Waals surface area contributed by atoms with E-state index in [0.29, 0.717) is 6.04 Å². The van der Waals surface area contributed by atoms with E-state index in [1.54, 1.807) is 0 Å². The maximum atomic E-state index is 4.44. The Balaban J connectivity index is 2.11. The van der Waals surface area contributed by atoms with Gasteiger partial charge in [0.2, 0.25) is 0 Å². The third-order valence-corrected chi connectivity index (χ3v) is 4.08. The zero-order valence-corrected chi connectivity index (χ0v) is 13.2. The fraction of sp³-hybridized carbons (Fsp3) is 0.400. The third kappa shape index (κ3) is 3.45. The van der Waals surface area contributed by atoms with Crippen molar-refractivity contribution in [3.05, 3.63) is 34.9 Å². The predicted molar refractivity (Wildman–Crippen MR) is 85.7 cm³/mol. The number of hydrogen-bond acceptors (Lipinski definition) is 3. The van der Waals surface area contributed by atoms with Crippen LogP contribution in [-0.2, 0) is 0 Å². The Kier molecular flexibility index (Phi) is 4.77. The Hall–Kier alpha value is -1.13. The quantitative estimate of drug-likeness (QED) is 0.909. The number of likely N-dealkylation sites (N-methyl/N-ethyl adjacent to an activating group) is 1. The SMILES string of the molecule is CC(C)N(C)CCNc1nccc2c(Br)cccc12. The molecule has 0 aliphatic rings. The lowest BCUT2D eigenvalue weighted by Gasteiger charge is -2.21. The molecule has 0 amide bonds. The number of hydrogen-bond donors (Lipinski definition) is 1. The summed E-state index contributed by atoms with van der Waals surface area (Å²) < 4.78 is 1.11. The molecule has 0 saturated carbocycles. The first kappa shape index (κ1) is 14.3. The van der Waals surface area contributed by atoms with Gasteiger partial charge < -0.3 is 10.2 Å². The summed E-state index contributed by atoms with van der Waals surface area (Å²) in [7, 11) is 2.14. The highest BCUT2D eigenvalue weighted by Crippen LogP contribution is 2.27. The maximum absolute atomic E-state index is 4.44. The highest BCUT2D eigenvalue weighted by Gasteiger charge is 2.06. The van der Waals surface area contributed by atoms with Crippen molar-refractivity contribution in [2.75, 3.05) is 25.5 Å². The van der Waals surface area contributed by atoms with Crippen LogP contribution in [0.25, 0.3) is 10.8 Å². The lowest BCUT2D eigenvalue weighted by molar-refractivity contribution is 0.284. The van der Waals surface area contributed by atoms with E-state index in [-0.39, 0.29) is 0 Å². The first-order valence-electron chi connectivity index (χ1n) is 6.57. The molecule has 4 heteroatoms. The second-order valence-electron chi connectivity index (χ2n) is 5.00. The van der Waals surface area contributed by atoms with Crippen LogP contribution in [0.2, 0.25) is 0 Å². The molecule has 0 fully saturated rings. The minimum absolute atomic E-state index is 0.566. The van der Waals surface area contributed by atoms with Gasteiger partial charge in [0.25, 0.3) is 0 Å². The fourth-order valence-electron chi connectivity index (χ4n) is 1.92. The second-order valence-corrected chi connectivity index (χ2v) is 5.85. The van der Waals surface area contributed by atoms with Crippen molar-refractivity contribution < 1.29 is 0 Å². The Morgan fingerprint density at radius 3 is 2.79 bits per heavy atom. The van der Waals surface area contributed by atoms with Crippen molar-refractivity contribution >= 4 is 32.5 Å². The zero-order chi connectivity index (χ0) is 13.8. The highest BCUT2D eigenvalue weighted by molar-refractivity contribution is 9.10. The molecule has 1 heterocycles. The Morgan fingerprint density at radius 1 is 1.26 bits per heavy atom. The van der Waals surface area contributed by atoms with Gasteiger partial charge in [-0.2, -0.15) is 0 Å². The molecule has 0 saturated heterocycles. The number of nitrogens with one attached hydrogen (secondary N) is 1. The number of benzene rings is 1. The van der Waals surface area contributed by atoms with Gasteiger partial charge in [-0.25, -0.2) is 4.98 Å². The van der Waals surface area contributed by atoms with E-state index in [4.69, 9.17) is 0 Å². The van der Waals surface area contributed by atoms with Crippen LogP contribution < -0.4 is 5.32 Å². The van der Waals surface area contributed by atoms with E-state index in [0.717, 1.165) is 28.8 Å². The van der Waals surface area contributed by atoms with Gasteiger partial charge in [-0.05, 0) is 33.0 Å². The van der Waals surface area contributed by atoms with E-state index in [9.17, 15) is 0 Å². The normalized spacial score (nSPS) is 11.5. The van der Waals surface area contributed by atoms with Gasteiger partial charge in [-0.15, -0.1) is 0 Å². The molecule has 2 rings (SSSR count). The molecule has 0 bridgehead atoms. The monoisotopic (exact) mass is 321 g/mol. The van der Waals surface area contributed by atoms with Crippen LogP contribution in [-0.4, -0.2) is 36.1 Å². The van der Waals surface area contributed by atoms with Crippen molar-refractivity contribution in [1.29, 1.82) is 0 Å². The number of rotatable bonds is 5. The summed E-state index contributed by atoms with van der Waals surface area (Å²) >= 11 is 3.58. The van der Waals surface area contributed by atoms with E-state index >= 15 is 0 Å². The topological polar surface area (TPSA) is 28.2 Å². The number of nitrogens with zero attached hydrogens (tertiary/aromatic N) is 2. The lowest BCUT2D eigenvalue weighted by Crippen LogP contribution is -2.31. The van der Waals surface area contributed by atoms with E-state index < -0.39 is 0 Å². The molecular weight excluding hydrogens is 302 g/mol. The summed E-state index contributed by atoms with van der Waals surface area (Å²) in [6.45, 7) is 6.30. The number of aromatic nitrogens is 1. The summed E-state index contributed by atoms with van der Waals surface area (Å²) in [4.78, 5) is 6.75. The Morgan fingerprint density at radius 2 is 2.05 bits per heavy atom. The van der Waals surface area contributed by atoms with Crippen LogP contribution in [0.15, 0.2) is 34.9 Å². The molecule has 102 valence electrons. The van der Waals surface area contributed by atoms with Gasteiger partial charge in [0, 0.05) is 40.6 Å². The van der Waals surface area contributed by atoms with Gasteiger partial charge in [-0.3, -0.25) is 0 Å². The molecule has 1 aromatic carbocycles. The minimum Gasteiger partial charge on any atom is -0.368 e. The Bertz CT molecular complexity index is 554. The summed E-state index contributed by atoms with van der Waals surface area (Å²) in [6, 6.07) is 8.79. The lowest BCUT2D eigenvalue weighted by atomic mass is 10.1. The molecule has 0 spiro atoms. The maximum Gasteiger partial charge on any atom is 0.133 e. The first-order chi connectivity index (χ1) is 9.09. The van der Waals surface area contributed by atoms with Gasteiger partial charge >= 0.3 is 0 Å². The number of pyridine rings is 1. The fourth-order valence-corrected chi connectivity index (χ4v) is 2.42. The zero-order valence-electron chi connectivity index (χ0n) is 11.7. The molecule has 19 heavy (non-hydrogen) atoms. The first-order valence-corrected chi connectivity index (χ1v) is 7.36. The second kappa shape index (κ2) is 6.35. The van der Waals surface area contributed by atoms with E-state index in [1.165, 1.54) is 5.39 Å². The van der Waals surface area contributed by atoms with Crippen molar-refractivity contribution in [3.8, 4) is 0 Å². The standard InChI is InChI=1S/C15H20BrN3/c1-11(2)19(3)10-9-18-15-13-5-4-6-14(16)12(13)7-8-17-15/h4-8,11H,9-10H2,1-3H3,(H,17,18).